The van der Waals surface area contributed by atoms with E-state index in [1.54, 1.807) is 7.05 Å². The number of benzene rings is 1. The minimum atomic E-state index is -0.699. The summed E-state index contributed by atoms with van der Waals surface area (Å²) in [5.41, 5.74) is 7.38. The molecule has 0 aliphatic carbocycles. The lowest BCUT2D eigenvalue weighted by molar-refractivity contribution is 0.570. The Morgan fingerprint density at radius 1 is 1.25 bits per heavy atom. The third-order valence-electron chi connectivity index (χ3n) is 3.23. The van der Waals surface area contributed by atoms with Crippen molar-refractivity contribution in [1.29, 1.82) is 0 Å². The zero-order valence-electron chi connectivity index (χ0n) is 11.1. The Bertz CT molecular complexity index is 783. The number of aryl methyl sites for hydroxylation is 2. The van der Waals surface area contributed by atoms with E-state index in [1.807, 2.05) is 6.92 Å². The monoisotopic (exact) mass is 277 g/mol. The fraction of sp³-hybridized carbons (Fsp3) is 0.231. The SMILES string of the molecule is CCc1nn(C)c2c1nc(N)n2-c1c(F)cccc1F. The molecular formula is C13H13F2N5. The maximum Gasteiger partial charge on any atom is 0.207 e. The summed E-state index contributed by atoms with van der Waals surface area (Å²) in [5, 5.41) is 4.29. The number of anilines is 1. The van der Waals surface area contributed by atoms with Crippen LogP contribution in [0.25, 0.3) is 16.9 Å². The van der Waals surface area contributed by atoms with Gasteiger partial charge in [0.25, 0.3) is 0 Å². The van der Waals surface area contributed by atoms with E-state index >= 15 is 0 Å². The Morgan fingerprint density at radius 2 is 1.90 bits per heavy atom. The predicted molar refractivity (Wildman–Crippen MR) is 71.5 cm³/mol. The second-order valence-electron chi connectivity index (χ2n) is 4.47. The maximum absolute atomic E-state index is 14.0. The van der Waals surface area contributed by atoms with Crippen molar-refractivity contribution in [2.75, 3.05) is 5.73 Å². The third-order valence-corrected chi connectivity index (χ3v) is 3.23. The lowest BCUT2D eigenvalue weighted by atomic mass is 10.3. The van der Waals surface area contributed by atoms with Crippen LogP contribution in [0.2, 0.25) is 0 Å². The van der Waals surface area contributed by atoms with Crippen LogP contribution in [0.15, 0.2) is 18.2 Å². The molecule has 0 aliphatic heterocycles. The zero-order chi connectivity index (χ0) is 14.4. The maximum atomic E-state index is 14.0. The molecule has 0 radical (unpaired) electrons. The summed E-state index contributed by atoms with van der Waals surface area (Å²) in [7, 11) is 1.69. The fourth-order valence-electron chi connectivity index (χ4n) is 2.36. The molecule has 0 saturated carbocycles. The molecule has 104 valence electrons. The minimum absolute atomic E-state index is 0.0340. The number of para-hydroxylation sites is 1. The number of nitrogens with two attached hydrogens (primary N) is 1. The topological polar surface area (TPSA) is 61.7 Å². The molecule has 0 atom stereocenters. The first-order chi connectivity index (χ1) is 9.54. The summed E-state index contributed by atoms with van der Waals surface area (Å²) < 4.78 is 30.7. The average molecular weight is 277 g/mol. The van der Waals surface area contributed by atoms with Gasteiger partial charge in [-0.1, -0.05) is 13.0 Å². The van der Waals surface area contributed by atoms with Crippen molar-refractivity contribution in [3.05, 3.63) is 35.5 Å². The van der Waals surface area contributed by atoms with Crippen LogP contribution in [0, 0.1) is 11.6 Å². The molecule has 5 nitrogen and oxygen atoms in total. The average Bonchev–Trinajstić information content (AvgIpc) is 2.88. The minimum Gasteiger partial charge on any atom is -0.369 e. The molecule has 7 heteroatoms. The molecule has 1 aromatic carbocycles. The van der Waals surface area contributed by atoms with Crippen molar-refractivity contribution in [2.24, 2.45) is 7.05 Å². The number of aromatic nitrogens is 4. The molecule has 20 heavy (non-hydrogen) atoms. The summed E-state index contributed by atoms with van der Waals surface area (Å²) in [6.45, 7) is 1.93. The summed E-state index contributed by atoms with van der Waals surface area (Å²) >= 11 is 0. The molecule has 0 bridgehead atoms. The summed E-state index contributed by atoms with van der Waals surface area (Å²) in [5.74, 6) is -1.36. The van der Waals surface area contributed by atoms with Gasteiger partial charge in [0.2, 0.25) is 5.95 Å². The van der Waals surface area contributed by atoms with Crippen molar-refractivity contribution in [1.82, 2.24) is 19.3 Å². The van der Waals surface area contributed by atoms with Gasteiger partial charge in [-0.2, -0.15) is 5.10 Å². The van der Waals surface area contributed by atoms with E-state index in [0.29, 0.717) is 17.6 Å². The molecule has 2 N–H and O–H groups in total. The van der Waals surface area contributed by atoms with Crippen LogP contribution in [-0.4, -0.2) is 19.3 Å². The molecular weight excluding hydrogens is 264 g/mol. The highest BCUT2D eigenvalue weighted by atomic mass is 19.1. The lowest BCUT2D eigenvalue weighted by Gasteiger charge is -2.09. The number of nitrogen functional groups attached to an aromatic ring is 1. The van der Waals surface area contributed by atoms with Gasteiger partial charge in [-0.25, -0.2) is 18.4 Å². The molecule has 0 amide bonds. The van der Waals surface area contributed by atoms with E-state index in [1.165, 1.54) is 27.4 Å². The van der Waals surface area contributed by atoms with E-state index < -0.39 is 11.6 Å². The van der Waals surface area contributed by atoms with Crippen molar-refractivity contribution >= 4 is 17.1 Å². The molecule has 0 spiro atoms. The smallest absolute Gasteiger partial charge is 0.207 e. The van der Waals surface area contributed by atoms with E-state index in [4.69, 9.17) is 5.73 Å². The van der Waals surface area contributed by atoms with Crippen molar-refractivity contribution in [3.8, 4) is 5.69 Å². The van der Waals surface area contributed by atoms with E-state index in [0.717, 1.165) is 5.69 Å². The van der Waals surface area contributed by atoms with Gasteiger partial charge in [-0.15, -0.1) is 0 Å². The van der Waals surface area contributed by atoms with Crippen LogP contribution in [0.3, 0.4) is 0 Å². The van der Waals surface area contributed by atoms with E-state index in [9.17, 15) is 8.78 Å². The first kappa shape index (κ1) is 12.6. The second-order valence-corrected chi connectivity index (χ2v) is 4.47. The summed E-state index contributed by atoms with van der Waals surface area (Å²) in [4.78, 5) is 4.19. The summed E-state index contributed by atoms with van der Waals surface area (Å²) in [6, 6.07) is 3.67. The Balaban J connectivity index is 2.42. The lowest BCUT2D eigenvalue weighted by Crippen LogP contribution is -2.08. The third kappa shape index (κ3) is 1.59. The van der Waals surface area contributed by atoms with E-state index in [-0.39, 0.29) is 11.6 Å². The molecule has 0 saturated heterocycles. The number of imidazole rings is 1. The number of hydrogen-bond donors (Lipinski definition) is 1. The number of hydrogen-bond acceptors (Lipinski definition) is 3. The van der Waals surface area contributed by atoms with E-state index in [2.05, 4.69) is 10.1 Å². The van der Waals surface area contributed by atoms with Gasteiger partial charge in [0, 0.05) is 7.05 Å². The van der Waals surface area contributed by atoms with Crippen molar-refractivity contribution in [2.45, 2.75) is 13.3 Å². The van der Waals surface area contributed by atoms with Crippen LogP contribution in [0.1, 0.15) is 12.6 Å². The van der Waals surface area contributed by atoms with Gasteiger partial charge >= 0.3 is 0 Å². The second kappa shape index (κ2) is 4.29. The molecule has 0 aliphatic rings. The summed E-state index contributed by atoms with van der Waals surface area (Å²) in [6.07, 6.45) is 0.660. The van der Waals surface area contributed by atoms with Crippen LogP contribution < -0.4 is 5.73 Å². The number of halogens is 2. The molecule has 2 heterocycles. The van der Waals surface area contributed by atoms with Gasteiger partial charge < -0.3 is 5.73 Å². The number of nitrogens with zero attached hydrogens (tertiary/aromatic N) is 4. The van der Waals surface area contributed by atoms with Crippen LogP contribution in [0.4, 0.5) is 14.7 Å². The molecule has 3 rings (SSSR count). The fourth-order valence-corrected chi connectivity index (χ4v) is 2.36. The molecule has 3 aromatic rings. The standard InChI is InChI=1S/C13H13F2N5/c1-3-9-10-12(19(2)18-9)20(13(16)17-10)11-7(14)5-4-6-8(11)15/h4-6H,3H2,1-2H3,(H2,16,17). The van der Waals surface area contributed by atoms with Crippen molar-refractivity contribution < 1.29 is 8.78 Å². The largest absolute Gasteiger partial charge is 0.369 e. The Morgan fingerprint density at radius 3 is 2.50 bits per heavy atom. The predicted octanol–water partition coefficient (Wildman–Crippen LogP) is 2.18. The molecule has 2 aromatic heterocycles. The first-order valence-corrected chi connectivity index (χ1v) is 6.18. The number of fused-ring (bicyclic) bond motifs is 1. The van der Waals surface area contributed by atoms with Crippen molar-refractivity contribution in [3.63, 3.8) is 0 Å². The highest BCUT2D eigenvalue weighted by Gasteiger charge is 2.22. The Hall–Kier alpha value is -2.44. The quantitative estimate of drug-likeness (QED) is 0.781. The highest BCUT2D eigenvalue weighted by Crippen LogP contribution is 2.28. The van der Waals surface area contributed by atoms with Gasteiger partial charge in [-0.3, -0.25) is 4.57 Å². The van der Waals surface area contributed by atoms with Gasteiger partial charge in [-0.05, 0) is 18.6 Å². The molecule has 0 unspecified atom stereocenters. The van der Waals surface area contributed by atoms with Crippen LogP contribution in [0.5, 0.6) is 0 Å². The van der Waals surface area contributed by atoms with Crippen LogP contribution in [-0.2, 0) is 13.5 Å². The normalized spacial score (nSPS) is 11.4. The zero-order valence-corrected chi connectivity index (χ0v) is 11.1. The Kier molecular flexibility index (Phi) is 2.70. The molecule has 0 fully saturated rings. The van der Waals surface area contributed by atoms with Gasteiger partial charge in [0.15, 0.2) is 5.65 Å². The van der Waals surface area contributed by atoms with Gasteiger partial charge in [0.05, 0.1) is 5.69 Å². The first-order valence-electron chi connectivity index (χ1n) is 6.18. The Labute approximate surface area is 113 Å². The van der Waals surface area contributed by atoms with Gasteiger partial charge in [0.1, 0.15) is 22.8 Å². The van der Waals surface area contributed by atoms with Crippen LogP contribution >= 0.6 is 0 Å². The number of rotatable bonds is 2. The highest BCUT2D eigenvalue weighted by molar-refractivity contribution is 5.80.